The van der Waals surface area contributed by atoms with Gasteiger partial charge in [-0.15, -0.1) is 0 Å². The minimum absolute atomic E-state index is 0.00409. The third kappa shape index (κ3) is 21.4. The summed E-state index contributed by atoms with van der Waals surface area (Å²) in [5, 5.41) is 82.7. The van der Waals surface area contributed by atoms with Crippen molar-refractivity contribution in [3.8, 4) is 0 Å². The molecule has 368 valence electrons. The smallest absolute Gasteiger partial charge is 0.242 e. The zero-order chi connectivity index (χ0) is 46.7. The number of rotatable bonds is 33. The molecular weight excluding hydrogens is 840 g/mol. The van der Waals surface area contributed by atoms with Crippen molar-refractivity contribution in [2.45, 2.75) is 101 Å². The van der Waals surface area contributed by atoms with Gasteiger partial charge in [0.2, 0.25) is 23.6 Å². The first-order chi connectivity index (χ1) is 30.1. The van der Waals surface area contributed by atoms with E-state index >= 15 is 0 Å². The molecule has 0 radical (unpaired) electrons. The van der Waals surface area contributed by atoms with Crippen LogP contribution < -0.4 is 21.3 Å². The second kappa shape index (κ2) is 32.0. The van der Waals surface area contributed by atoms with E-state index in [4.69, 9.17) is 33.2 Å². The highest BCUT2D eigenvalue weighted by molar-refractivity contribution is 5.84. The molecule has 24 heteroatoms. The number of nitrogens with zero attached hydrogens (tertiary/aromatic N) is 2. The van der Waals surface area contributed by atoms with Crippen molar-refractivity contribution in [1.82, 2.24) is 31.1 Å². The summed E-state index contributed by atoms with van der Waals surface area (Å²) in [5.41, 5.74) is 0. The van der Waals surface area contributed by atoms with Gasteiger partial charge in [0.15, 0.2) is 0 Å². The molecule has 2 rings (SSSR count). The second-order valence-corrected chi connectivity index (χ2v) is 15.2. The topological polar surface area (TPSA) is 329 Å². The molecule has 0 spiro atoms. The first-order valence-electron chi connectivity index (χ1n) is 21.4. The summed E-state index contributed by atoms with van der Waals surface area (Å²) in [4.78, 5) is 52.5. The number of aliphatic hydroxyl groups is 7. The molecule has 0 aromatic rings. The maximum Gasteiger partial charge on any atom is 0.242 e. The second-order valence-electron chi connectivity index (χ2n) is 15.2. The molecule has 0 aliphatic carbocycles. The van der Waals surface area contributed by atoms with Gasteiger partial charge in [-0.1, -0.05) is 0 Å². The Morgan fingerprint density at radius 3 is 1.44 bits per heavy atom. The van der Waals surface area contributed by atoms with Crippen LogP contribution in [-0.2, 0) is 52.3 Å². The minimum Gasteiger partial charge on any atom is -0.394 e. The summed E-state index contributed by atoms with van der Waals surface area (Å²) >= 11 is 0. The van der Waals surface area contributed by atoms with Gasteiger partial charge in [-0.25, -0.2) is 0 Å². The van der Waals surface area contributed by atoms with Crippen LogP contribution in [0.5, 0.6) is 0 Å². The van der Waals surface area contributed by atoms with E-state index in [0.29, 0.717) is 33.0 Å². The van der Waals surface area contributed by atoms with Gasteiger partial charge >= 0.3 is 0 Å². The van der Waals surface area contributed by atoms with Crippen LogP contribution in [0.2, 0.25) is 0 Å². The van der Waals surface area contributed by atoms with E-state index in [1.54, 1.807) is 0 Å². The number of carbonyl (C=O) groups excluding carboxylic acids is 4. The van der Waals surface area contributed by atoms with E-state index in [-0.39, 0.29) is 78.6 Å². The van der Waals surface area contributed by atoms with Gasteiger partial charge in [0, 0.05) is 60.2 Å². The number of ether oxygens (including phenoxy) is 7. The first kappa shape index (κ1) is 56.4. The molecule has 4 amide bonds. The molecule has 2 fully saturated rings. The zero-order valence-corrected chi connectivity index (χ0v) is 37.0. The summed E-state index contributed by atoms with van der Waals surface area (Å²) in [6.07, 6.45) is -10.3. The molecule has 11 N–H and O–H groups in total. The largest absolute Gasteiger partial charge is 0.394 e. The number of nitrogens with one attached hydrogen (secondary N) is 4. The van der Waals surface area contributed by atoms with E-state index < -0.39 is 104 Å². The fourth-order valence-electron chi connectivity index (χ4n) is 6.88. The van der Waals surface area contributed by atoms with Crippen molar-refractivity contribution < 1.29 is 88.1 Å². The van der Waals surface area contributed by atoms with Crippen LogP contribution in [0.3, 0.4) is 0 Å². The number of likely N-dealkylation sites (N-methyl/N-ethyl adjacent to an activating group) is 1. The summed E-state index contributed by atoms with van der Waals surface area (Å²) in [7, 11) is 1.84. The highest BCUT2D eigenvalue weighted by atomic mass is 16.6. The van der Waals surface area contributed by atoms with Gasteiger partial charge in [-0.2, -0.15) is 0 Å². The van der Waals surface area contributed by atoms with Crippen LogP contribution in [-0.4, -0.2) is 262 Å². The number of hydrogen-bond acceptors (Lipinski definition) is 20. The van der Waals surface area contributed by atoms with E-state index in [2.05, 4.69) is 21.3 Å². The van der Waals surface area contributed by atoms with Gasteiger partial charge in [0.25, 0.3) is 0 Å². The number of aliphatic hydroxyl groups excluding tert-OH is 7. The van der Waals surface area contributed by atoms with Crippen molar-refractivity contribution in [2.24, 2.45) is 0 Å². The molecule has 0 aromatic heterocycles. The zero-order valence-electron chi connectivity index (χ0n) is 37.0. The SMILES string of the molecule is CNCCOCCOCCOCCNC(O)CN(CCOCCC1OC(CO)[C@H](O)C(O)[C@H]1NC(C)=O)C(=O)CN(CCOCCC1OC(CO)C(O)[C@H](O)[C@H]1NC(C)=O)C(C)=O. The fraction of sp³-hybridized carbons (Fsp3) is 0.897. The van der Waals surface area contributed by atoms with Crippen LogP contribution >= 0.6 is 0 Å². The van der Waals surface area contributed by atoms with E-state index in [9.17, 15) is 54.9 Å². The Morgan fingerprint density at radius 1 is 0.587 bits per heavy atom. The normalized spacial score (nSPS) is 26.5. The monoisotopic (exact) mass is 915 g/mol. The van der Waals surface area contributed by atoms with Crippen molar-refractivity contribution in [3.63, 3.8) is 0 Å². The molecule has 2 saturated heterocycles. The minimum atomic E-state index is -1.43. The maximum atomic E-state index is 13.7. The third-order valence-corrected chi connectivity index (χ3v) is 10.3. The Kier molecular flexibility index (Phi) is 28.6. The van der Waals surface area contributed by atoms with Gasteiger partial charge in [-0.05, 0) is 19.9 Å². The molecule has 7 unspecified atom stereocenters. The molecule has 11 atom stereocenters. The van der Waals surface area contributed by atoms with Gasteiger partial charge in [-0.3, -0.25) is 24.5 Å². The lowest BCUT2D eigenvalue weighted by Crippen LogP contribution is -2.64. The van der Waals surface area contributed by atoms with Crippen molar-refractivity contribution in [1.29, 1.82) is 0 Å². The Labute approximate surface area is 368 Å². The average Bonchev–Trinajstić information content (AvgIpc) is 3.24. The molecule has 63 heavy (non-hydrogen) atoms. The van der Waals surface area contributed by atoms with Crippen molar-refractivity contribution in [3.05, 3.63) is 0 Å². The van der Waals surface area contributed by atoms with Gasteiger partial charge in [0.1, 0.15) is 42.9 Å². The standard InChI is InChI=1S/C39H74N6O18/c1-25(48)42-34-28(62-30(23-46)36(53)38(34)55)5-11-57-15-9-44(27(3)50)22-33(52)45(21-32(51)41-8-14-60-18-20-61-19-17-59-13-7-40-4)10-16-58-12-6-29-35(43-26(2)49)39(56)37(54)31(24-47)63-29/h28-32,34-41,46-47,51,53-56H,5-24H2,1-4H3,(H,42,48)(H,43,49)/t28?,29?,30?,31?,32?,34-,35-,36?,37-,38+,39?/m0/s1. The Balaban J connectivity index is 1.95. The molecule has 2 aliphatic rings. The summed E-state index contributed by atoms with van der Waals surface area (Å²) in [6, 6.07) is -1.94. The molecular formula is C39H74N6O18. The molecule has 2 aliphatic heterocycles. The summed E-state index contributed by atoms with van der Waals surface area (Å²) in [6.45, 7) is 5.54. The van der Waals surface area contributed by atoms with Crippen molar-refractivity contribution >= 4 is 23.6 Å². The Hall–Kier alpha value is -2.76. The lowest BCUT2D eigenvalue weighted by atomic mass is 9.91. The summed E-state index contributed by atoms with van der Waals surface area (Å²) in [5.74, 6) is -1.86. The first-order valence-corrected chi connectivity index (χ1v) is 21.4. The van der Waals surface area contributed by atoms with E-state index in [1.165, 1.54) is 30.6 Å². The van der Waals surface area contributed by atoms with Gasteiger partial charge in [0.05, 0.1) is 103 Å². The predicted molar refractivity (Wildman–Crippen MR) is 221 cm³/mol. The molecule has 2 heterocycles. The van der Waals surface area contributed by atoms with Crippen LogP contribution in [0.25, 0.3) is 0 Å². The average molecular weight is 915 g/mol. The summed E-state index contributed by atoms with van der Waals surface area (Å²) < 4.78 is 39.4. The molecule has 0 saturated carbocycles. The fourth-order valence-corrected chi connectivity index (χ4v) is 6.88. The molecule has 0 aromatic carbocycles. The quantitative estimate of drug-likeness (QED) is 0.0215. The maximum absolute atomic E-state index is 13.7. The number of hydrogen-bond donors (Lipinski definition) is 11. The van der Waals surface area contributed by atoms with Crippen LogP contribution in [0.1, 0.15) is 33.6 Å². The van der Waals surface area contributed by atoms with E-state index in [0.717, 1.165) is 6.54 Å². The lowest BCUT2D eigenvalue weighted by Gasteiger charge is -2.42. The Bertz CT molecular complexity index is 1300. The highest BCUT2D eigenvalue weighted by Crippen LogP contribution is 2.25. The molecule has 0 bridgehead atoms. The van der Waals surface area contributed by atoms with E-state index in [1.807, 2.05) is 7.05 Å². The van der Waals surface area contributed by atoms with Crippen LogP contribution in [0.15, 0.2) is 0 Å². The molecule has 24 nitrogen and oxygen atoms in total. The number of amides is 4. The van der Waals surface area contributed by atoms with Crippen LogP contribution in [0.4, 0.5) is 0 Å². The Morgan fingerprint density at radius 2 is 1.02 bits per heavy atom. The van der Waals surface area contributed by atoms with Crippen LogP contribution in [0, 0.1) is 0 Å². The number of carbonyl (C=O) groups is 4. The third-order valence-electron chi connectivity index (χ3n) is 10.3. The predicted octanol–water partition coefficient (Wildman–Crippen LogP) is -6.37. The van der Waals surface area contributed by atoms with Crippen molar-refractivity contribution in [2.75, 3.05) is 126 Å². The van der Waals surface area contributed by atoms with Gasteiger partial charge < -0.3 is 94.7 Å². The lowest BCUT2D eigenvalue weighted by molar-refractivity contribution is -0.198. The highest BCUT2D eigenvalue weighted by Gasteiger charge is 2.45.